The molecule has 7 heteroatoms. The van der Waals surface area contributed by atoms with E-state index in [1.165, 1.54) is 14.2 Å². The molecule has 1 N–H and O–H groups in total. The SMILES string of the molecule is COc1ccc2c(c1OC)C(=O)O[C@H]2Nc1ccc(Cl)cc1Cl. The summed E-state index contributed by atoms with van der Waals surface area (Å²) in [7, 11) is 2.98. The van der Waals surface area contributed by atoms with Gasteiger partial charge in [-0.25, -0.2) is 4.79 Å². The lowest BCUT2D eigenvalue weighted by atomic mass is 10.1. The first kappa shape index (κ1) is 15.8. The van der Waals surface area contributed by atoms with Gasteiger partial charge >= 0.3 is 5.97 Å². The van der Waals surface area contributed by atoms with Crippen molar-refractivity contribution < 1.29 is 19.0 Å². The average Bonchev–Trinajstić information content (AvgIpc) is 2.85. The van der Waals surface area contributed by atoms with Crippen molar-refractivity contribution in [2.45, 2.75) is 6.23 Å². The third-order valence-electron chi connectivity index (χ3n) is 3.51. The molecule has 23 heavy (non-hydrogen) atoms. The quantitative estimate of drug-likeness (QED) is 0.830. The van der Waals surface area contributed by atoms with Crippen molar-refractivity contribution >= 4 is 34.9 Å². The van der Waals surface area contributed by atoms with Gasteiger partial charge in [0.25, 0.3) is 0 Å². The first-order valence-electron chi connectivity index (χ1n) is 6.72. The molecule has 1 aliphatic rings. The number of nitrogens with one attached hydrogen (secondary N) is 1. The molecular formula is C16H13Cl2NO4. The maximum absolute atomic E-state index is 12.2. The van der Waals surface area contributed by atoms with Crippen LogP contribution in [0.3, 0.4) is 0 Å². The molecule has 2 aromatic carbocycles. The predicted molar refractivity (Wildman–Crippen MR) is 87.8 cm³/mol. The molecule has 0 fully saturated rings. The van der Waals surface area contributed by atoms with Crippen LogP contribution in [0.5, 0.6) is 11.5 Å². The average molecular weight is 354 g/mol. The van der Waals surface area contributed by atoms with Crippen molar-refractivity contribution in [3.05, 3.63) is 51.5 Å². The van der Waals surface area contributed by atoms with E-state index in [2.05, 4.69) is 5.32 Å². The monoisotopic (exact) mass is 353 g/mol. The lowest BCUT2D eigenvalue weighted by Crippen LogP contribution is -2.10. The summed E-state index contributed by atoms with van der Waals surface area (Å²) in [5, 5.41) is 4.04. The van der Waals surface area contributed by atoms with Gasteiger partial charge in [-0.2, -0.15) is 0 Å². The van der Waals surface area contributed by atoms with Crippen LogP contribution in [-0.4, -0.2) is 20.2 Å². The molecule has 0 aliphatic carbocycles. The second-order valence-electron chi connectivity index (χ2n) is 4.82. The number of esters is 1. The third-order valence-corrected chi connectivity index (χ3v) is 4.05. The Morgan fingerprint density at radius 2 is 1.91 bits per heavy atom. The summed E-state index contributed by atoms with van der Waals surface area (Å²) in [5.74, 6) is 0.327. The Labute approximate surface area is 143 Å². The van der Waals surface area contributed by atoms with Crippen LogP contribution in [0.2, 0.25) is 10.0 Å². The second-order valence-corrected chi connectivity index (χ2v) is 5.66. The Hall–Kier alpha value is -2.11. The van der Waals surface area contributed by atoms with E-state index in [-0.39, 0.29) is 0 Å². The standard InChI is InChI=1S/C16H13Cl2NO4/c1-21-12-6-4-9-13(14(12)22-2)16(20)23-15(9)19-11-5-3-8(17)7-10(11)18/h3-7,15,19H,1-2H3/t15-/m1/s1. The molecule has 0 bridgehead atoms. The first-order valence-corrected chi connectivity index (χ1v) is 7.48. The molecule has 5 nitrogen and oxygen atoms in total. The van der Waals surface area contributed by atoms with Crippen molar-refractivity contribution in [3.63, 3.8) is 0 Å². The van der Waals surface area contributed by atoms with Gasteiger partial charge in [0.15, 0.2) is 11.5 Å². The van der Waals surface area contributed by atoms with Crippen LogP contribution < -0.4 is 14.8 Å². The molecule has 1 atom stereocenters. The molecule has 0 spiro atoms. The minimum Gasteiger partial charge on any atom is -0.493 e. The third kappa shape index (κ3) is 2.78. The van der Waals surface area contributed by atoms with Crippen LogP contribution in [0.1, 0.15) is 22.1 Å². The van der Waals surface area contributed by atoms with Gasteiger partial charge in [-0.05, 0) is 30.3 Å². The fourth-order valence-corrected chi connectivity index (χ4v) is 2.92. The number of rotatable bonds is 4. The summed E-state index contributed by atoms with van der Waals surface area (Å²) in [6, 6.07) is 8.50. The highest BCUT2D eigenvalue weighted by molar-refractivity contribution is 6.36. The predicted octanol–water partition coefficient (Wildman–Crippen LogP) is 4.29. The van der Waals surface area contributed by atoms with Crippen LogP contribution in [0.4, 0.5) is 5.69 Å². The zero-order valence-electron chi connectivity index (χ0n) is 12.4. The molecule has 120 valence electrons. The van der Waals surface area contributed by atoms with Crippen LogP contribution in [0.25, 0.3) is 0 Å². The summed E-state index contributed by atoms with van der Waals surface area (Å²) >= 11 is 12.0. The largest absolute Gasteiger partial charge is 0.493 e. The summed E-state index contributed by atoms with van der Waals surface area (Å²) in [6.07, 6.45) is -0.670. The van der Waals surface area contributed by atoms with Crippen molar-refractivity contribution in [2.24, 2.45) is 0 Å². The molecule has 1 aliphatic heterocycles. The van der Waals surface area contributed by atoms with Gasteiger partial charge in [-0.1, -0.05) is 23.2 Å². The first-order chi connectivity index (χ1) is 11.0. The highest BCUT2D eigenvalue weighted by Gasteiger charge is 2.36. The molecule has 0 saturated heterocycles. The van der Waals surface area contributed by atoms with Gasteiger partial charge in [0.1, 0.15) is 5.56 Å². The van der Waals surface area contributed by atoms with E-state index < -0.39 is 12.2 Å². The van der Waals surface area contributed by atoms with Gasteiger partial charge in [0.2, 0.25) is 6.23 Å². The normalized spacial score (nSPS) is 15.8. The van der Waals surface area contributed by atoms with E-state index in [4.69, 9.17) is 37.4 Å². The number of carbonyl (C=O) groups excluding carboxylic acids is 1. The number of ether oxygens (including phenoxy) is 3. The Balaban J connectivity index is 1.99. The van der Waals surface area contributed by atoms with Crippen molar-refractivity contribution in [3.8, 4) is 11.5 Å². The molecule has 0 unspecified atom stereocenters. The Morgan fingerprint density at radius 1 is 1.13 bits per heavy atom. The van der Waals surface area contributed by atoms with Gasteiger partial charge < -0.3 is 19.5 Å². The summed E-state index contributed by atoms with van der Waals surface area (Å²) < 4.78 is 15.9. The van der Waals surface area contributed by atoms with Crippen molar-refractivity contribution in [2.75, 3.05) is 19.5 Å². The molecule has 0 saturated carbocycles. The van der Waals surface area contributed by atoms with Crippen LogP contribution in [0, 0.1) is 0 Å². The number of hydrogen-bond acceptors (Lipinski definition) is 5. The van der Waals surface area contributed by atoms with E-state index in [1.54, 1.807) is 30.3 Å². The summed E-state index contributed by atoms with van der Waals surface area (Å²) in [4.78, 5) is 12.2. The van der Waals surface area contributed by atoms with Gasteiger partial charge in [-0.3, -0.25) is 0 Å². The van der Waals surface area contributed by atoms with Crippen LogP contribution >= 0.6 is 23.2 Å². The Bertz CT molecular complexity index is 779. The van der Waals surface area contributed by atoms with Crippen LogP contribution in [-0.2, 0) is 4.74 Å². The minimum atomic E-state index is -0.670. The van der Waals surface area contributed by atoms with Gasteiger partial charge in [0.05, 0.1) is 24.9 Å². The molecule has 3 rings (SSSR count). The molecule has 0 radical (unpaired) electrons. The Morgan fingerprint density at radius 3 is 2.57 bits per heavy atom. The number of carbonyl (C=O) groups is 1. The highest BCUT2D eigenvalue weighted by atomic mass is 35.5. The van der Waals surface area contributed by atoms with Gasteiger partial charge in [-0.15, -0.1) is 0 Å². The number of hydrogen-bond donors (Lipinski definition) is 1. The van der Waals surface area contributed by atoms with Crippen molar-refractivity contribution in [1.29, 1.82) is 0 Å². The summed E-state index contributed by atoms with van der Waals surface area (Å²) in [5.41, 5.74) is 1.60. The molecular weight excluding hydrogens is 341 g/mol. The van der Waals surface area contributed by atoms with Crippen LogP contribution in [0.15, 0.2) is 30.3 Å². The zero-order valence-corrected chi connectivity index (χ0v) is 13.9. The number of benzene rings is 2. The second kappa shape index (κ2) is 6.18. The topological polar surface area (TPSA) is 56.8 Å². The number of fused-ring (bicyclic) bond motifs is 1. The molecule has 2 aromatic rings. The van der Waals surface area contributed by atoms with E-state index >= 15 is 0 Å². The summed E-state index contributed by atoms with van der Waals surface area (Å²) in [6.45, 7) is 0. The van der Waals surface area contributed by atoms with E-state index in [0.29, 0.717) is 38.4 Å². The van der Waals surface area contributed by atoms with E-state index in [9.17, 15) is 4.79 Å². The van der Waals surface area contributed by atoms with Gasteiger partial charge in [0, 0.05) is 10.6 Å². The Kier molecular flexibility index (Phi) is 4.24. The fraction of sp³-hybridized carbons (Fsp3) is 0.188. The maximum atomic E-state index is 12.2. The molecule has 0 amide bonds. The molecule has 1 heterocycles. The number of halogens is 2. The zero-order chi connectivity index (χ0) is 16.6. The highest BCUT2D eigenvalue weighted by Crippen LogP contribution is 2.42. The number of cyclic esters (lactones) is 1. The molecule has 0 aromatic heterocycles. The minimum absolute atomic E-state index is 0.342. The smallest absolute Gasteiger partial charge is 0.344 e. The van der Waals surface area contributed by atoms with E-state index in [1.807, 2.05) is 0 Å². The lowest BCUT2D eigenvalue weighted by molar-refractivity contribution is 0.0435. The van der Waals surface area contributed by atoms with E-state index in [0.717, 1.165) is 0 Å². The number of methoxy groups -OCH3 is 2. The van der Waals surface area contributed by atoms with Crippen molar-refractivity contribution in [1.82, 2.24) is 0 Å². The lowest BCUT2D eigenvalue weighted by Gasteiger charge is -2.16. The number of anilines is 1. The fourth-order valence-electron chi connectivity index (χ4n) is 2.46. The maximum Gasteiger partial charge on any atom is 0.344 e.